The standard InChI is InChI=1S/C25H26IN3O5S/c1-17-8-10-21(11-9-17)29(35(31,32)22-12-13-23(33-3)24(15-22)34-4)16-25(30)28-27-18(2)19-6-5-7-20(26)14-19/h5-15H,16H2,1-4H3,(H,28,30)/b27-18-. The van der Waals surface area contributed by atoms with Crippen LogP contribution in [-0.2, 0) is 14.8 Å². The third-order valence-electron chi connectivity index (χ3n) is 5.14. The van der Waals surface area contributed by atoms with Crippen LogP contribution in [0.1, 0.15) is 18.1 Å². The lowest BCUT2D eigenvalue weighted by Crippen LogP contribution is -2.39. The minimum absolute atomic E-state index is 0.0398. The molecular formula is C25H26IN3O5S. The van der Waals surface area contributed by atoms with Crippen molar-refractivity contribution in [1.82, 2.24) is 5.43 Å². The Balaban J connectivity index is 1.92. The third kappa shape index (κ3) is 6.51. The highest BCUT2D eigenvalue weighted by Gasteiger charge is 2.28. The summed E-state index contributed by atoms with van der Waals surface area (Å²) in [6.45, 7) is 3.19. The summed E-state index contributed by atoms with van der Waals surface area (Å²) in [5, 5.41) is 4.16. The molecule has 0 radical (unpaired) electrons. The number of nitrogens with one attached hydrogen (secondary N) is 1. The van der Waals surface area contributed by atoms with Crippen LogP contribution in [0.15, 0.2) is 76.7 Å². The van der Waals surface area contributed by atoms with Crippen molar-refractivity contribution < 1.29 is 22.7 Å². The molecule has 3 aromatic rings. The van der Waals surface area contributed by atoms with Crippen molar-refractivity contribution in [1.29, 1.82) is 0 Å². The third-order valence-corrected chi connectivity index (χ3v) is 7.58. The zero-order chi connectivity index (χ0) is 25.6. The molecule has 3 rings (SSSR count). The average Bonchev–Trinajstić information content (AvgIpc) is 2.85. The van der Waals surface area contributed by atoms with Crippen molar-refractivity contribution in [2.24, 2.45) is 5.10 Å². The zero-order valence-corrected chi connectivity index (χ0v) is 22.8. The number of sulfonamides is 1. The zero-order valence-electron chi connectivity index (χ0n) is 19.8. The highest BCUT2D eigenvalue weighted by molar-refractivity contribution is 14.1. The predicted octanol–water partition coefficient (Wildman–Crippen LogP) is 4.35. The maximum atomic E-state index is 13.6. The Hall–Kier alpha value is -3.12. The maximum Gasteiger partial charge on any atom is 0.264 e. The smallest absolute Gasteiger partial charge is 0.264 e. The number of ether oxygens (including phenoxy) is 2. The number of hydrazone groups is 1. The molecule has 0 saturated heterocycles. The number of carbonyl (C=O) groups excluding carboxylic acids is 1. The molecular weight excluding hydrogens is 581 g/mol. The summed E-state index contributed by atoms with van der Waals surface area (Å²) in [5.41, 5.74) is 5.23. The molecule has 0 fully saturated rings. The van der Waals surface area contributed by atoms with E-state index in [1.807, 2.05) is 31.2 Å². The van der Waals surface area contributed by atoms with E-state index >= 15 is 0 Å². The van der Waals surface area contributed by atoms with Gasteiger partial charge in [0.25, 0.3) is 15.9 Å². The van der Waals surface area contributed by atoms with Crippen LogP contribution in [0.3, 0.4) is 0 Å². The lowest BCUT2D eigenvalue weighted by Gasteiger charge is -2.24. The summed E-state index contributed by atoms with van der Waals surface area (Å²) < 4.78 is 39.8. The fourth-order valence-electron chi connectivity index (χ4n) is 3.22. The first-order valence-corrected chi connectivity index (χ1v) is 13.1. The minimum Gasteiger partial charge on any atom is -0.493 e. The lowest BCUT2D eigenvalue weighted by molar-refractivity contribution is -0.119. The number of rotatable bonds is 9. The van der Waals surface area contributed by atoms with E-state index in [-0.39, 0.29) is 10.6 Å². The van der Waals surface area contributed by atoms with Gasteiger partial charge in [-0.15, -0.1) is 0 Å². The molecule has 184 valence electrons. The Morgan fingerprint density at radius 2 is 1.69 bits per heavy atom. The van der Waals surface area contributed by atoms with Gasteiger partial charge in [0, 0.05) is 9.64 Å². The van der Waals surface area contributed by atoms with Gasteiger partial charge in [-0.1, -0.05) is 29.8 Å². The van der Waals surface area contributed by atoms with Gasteiger partial charge in [-0.05, 0) is 78.4 Å². The minimum atomic E-state index is -4.13. The van der Waals surface area contributed by atoms with Crippen molar-refractivity contribution in [2.45, 2.75) is 18.7 Å². The lowest BCUT2D eigenvalue weighted by atomic mass is 10.1. The van der Waals surface area contributed by atoms with Gasteiger partial charge >= 0.3 is 0 Å². The van der Waals surface area contributed by atoms with Gasteiger partial charge in [0.1, 0.15) is 6.54 Å². The number of hydrogen-bond acceptors (Lipinski definition) is 6. The average molecular weight is 607 g/mol. The van der Waals surface area contributed by atoms with E-state index in [0.29, 0.717) is 17.1 Å². The highest BCUT2D eigenvalue weighted by atomic mass is 127. The number of anilines is 1. The second-order valence-corrected chi connectivity index (χ2v) is 10.7. The molecule has 0 bridgehead atoms. The molecule has 0 saturated carbocycles. The molecule has 1 N–H and O–H groups in total. The molecule has 3 aromatic carbocycles. The van der Waals surface area contributed by atoms with Crippen molar-refractivity contribution in [3.05, 3.63) is 81.4 Å². The first kappa shape index (κ1) is 26.5. The molecule has 0 aliphatic heterocycles. The van der Waals surface area contributed by atoms with Crippen LogP contribution in [0.4, 0.5) is 5.69 Å². The Kier molecular flexibility index (Phi) is 8.73. The van der Waals surface area contributed by atoms with Crippen LogP contribution in [-0.4, -0.2) is 40.8 Å². The summed E-state index contributed by atoms with van der Waals surface area (Å²) in [7, 11) is -1.24. The second kappa shape index (κ2) is 11.5. The Morgan fingerprint density at radius 1 is 1.00 bits per heavy atom. The van der Waals surface area contributed by atoms with E-state index in [4.69, 9.17) is 9.47 Å². The van der Waals surface area contributed by atoms with Crippen molar-refractivity contribution in [2.75, 3.05) is 25.1 Å². The summed E-state index contributed by atoms with van der Waals surface area (Å²) in [6.07, 6.45) is 0. The second-order valence-electron chi connectivity index (χ2n) is 7.61. The van der Waals surface area contributed by atoms with Crippen molar-refractivity contribution in [3.63, 3.8) is 0 Å². The van der Waals surface area contributed by atoms with Crippen LogP contribution in [0.5, 0.6) is 11.5 Å². The van der Waals surface area contributed by atoms with Gasteiger partial charge in [-0.25, -0.2) is 13.8 Å². The Morgan fingerprint density at radius 3 is 2.31 bits per heavy atom. The molecule has 1 amide bonds. The topological polar surface area (TPSA) is 97.3 Å². The Labute approximate surface area is 219 Å². The van der Waals surface area contributed by atoms with Crippen LogP contribution < -0.4 is 19.2 Å². The van der Waals surface area contributed by atoms with Crippen LogP contribution >= 0.6 is 22.6 Å². The number of carbonyl (C=O) groups is 1. The molecule has 0 spiro atoms. The van der Waals surface area contributed by atoms with E-state index in [9.17, 15) is 13.2 Å². The van der Waals surface area contributed by atoms with Gasteiger partial charge in [0.2, 0.25) is 0 Å². The van der Waals surface area contributed by atoms with Crippen LogP contribution in [0, 0.1) is 10.5 Å². The van der Waals surface area contributed by atoms with Gasteiger partial charge in [0.15, 0.2) is 11.5 Å². The van der Waals surface area contributed by atoms with E-state index in [0.717, 1.165) is 19.0 Å². The number of hydrogen-bond donors (Lipinski definition) is 1. The number of methoxy groups -OCH3 is 2. The molecule has 35 heavy (non-hydrogen) atoms. The van der Waals surface area contributed by atoms with Crippen molar-refractivity contribution >= 4 is 49.9 Å². The van der Waals surface area contributed by atoms with Crippen LogP contribution in [0.25, 0.3) is 0 Å². The summed E-state index contributed by atoms with van der Waals surface area (Å²) >= 11 is 2.20. The normalized spacial score (nSPS) is 11.6. The van der Waals surface area contributed by atoms with Gasteiger partial charge in [-0.3, -0.25) is 9.10 Å². The molecule has 10 heteroatoms. The van der Waals surface area contributed by atoms with E-state index in [1.165, 1.54) is 32.4 Å². The monoisotopic (exact) mass is 607 g/mol. The predicted molar refractivity (Wildman–Crippen MR) is 145 cm³/mol. The number of amides is 1. The fourth-order valence-corrected chi connectivity index (χ4v) is 5.20. The molecule has 8 nitrogen and oxygen atoms in total. The van der Waals surface area contributed by atoms with Gasteiger partial charge in [0.05, 0.1) is 30.5 Å². The highest BCUT2D eigenvalue weighted by Crippen LogP contribution is 2.32. The summed E-state index contributed by atoms with van der Waals surface area (Å²) in [4.78, 5) is 12.8. The first-order valence-electron chi connectivity index (χ1n) is 10.6. The number of aryl methyl sites for hydroxylation is 1. The fraction of sp³-hybridized carbons (Fsp3) is 0.200. The maximum absolute atomic E-state index is 13.6. The summed E-state index contributed by atoms with van der Waals surface area (Å²) in [5.74, 6) is 0.0747. The van der Waals surface area contributed by atoms with Crippen molar-refractivity contribution in [3.8, 4) is 11.5 Å². The van der Waals surface area contributed by atoms with Gasteiger partial charge in [-0.2, -0.15) is 5.10 Å². The molecule has 0 aromatic heterocycles. The molecule has 0 heterocycles. The van der Waals surface area contributed by atoms with E-state index in [2.05, 4.69) is 33.1 Å². The van der Waals surface area contributed by atoms with Crippen LogP contribution in [0.2, 0.25) is 0 Å². The molecule has 0 aliphatic rings. The molecule has 0 unspecified atom stereocenters. The number of benzene rings is 3. The largest absolute Gasteiger partial charge is 0.493 e. The number of nitrogens with zero attached hydrogens (tertiary/aromatic N) is 2. The first-order chi connectivity index (χ1) is 16.6. The van der Waals surface area contributed by atoms with Gasteiger partial charge < -0.3 is 9.47 Å². The molecule has 0 aliphatic carbocycles. The SMILES string of the molecule is COc1ccc(S(=O)(=O)N(CC(=O)N/N=C(/C)c2cccc(I)c2)c2ccc(C)cc2)cc1OC. The summed E-state index contributed by atoms with van der Waals surface area (Å²) in [6, 6.07) is 18.8. The number of halogens is 1. The quantitative estimate of drug-likeness (QED) is 0.222. The Bertz CT molecular complexity index is 1340. The van der Waals surface area contributed by atoms with E-state index < -0.39 is 22.5 Å². The van der Waals surface area contributed by atoms with E-state index in [1.54, 1.807) is 31.2 Å². The molecule has 0 atom stereocenters.